The van der Waals surface area contributed by atoms with E-state index in [-0.39, 0.29) is 17.7 Å². The molecule has 18 heavy (non-hydrogen) atoms. The number of carbonyl (C=O) groups is 1. The normalized spacial score (nSPS) is 17.4. The average Bonchev–Trinajstić information content (AvgIpc) is 2.79. The van der Waals surface area contributed by atoms with Crippen LogP contribution in [0.3, 0.4) is 0 Å². The lowest BCUT2D eigenvalue weighted by Gasteiger charge is -2.29. The zero-order valence-electron chi connectivity index (χ0n) is 10.6. The second-order valence-electron chi connectivity index (χ2n) is 5.07. The van der Waals surface area contributed by atoms with Crippen molar-refractivity contribution in [2.45, 2.75) is 32.2 Å². The number of rotatable bonds is 3. The molecular weight excluding hydrogens is 224 g/mol. The number of fused-ring (bicyclic) bond motifs is 1. The smallest absolute Gasteiger partial charge is 0.188 e. The van der Waals surface area contributed by atoms with E-state index in [0.29, 0.717) is 0 Å². The van der Waals surface area contributed by atoms with Crippen molar-refractivity contribution in [1.82, 2.24) is 9.78 Å². The number of benzene rings is 1. The summed E-state index contributed by atoms with van der Waals surface area (Å²) in [6.07, 6.45) is 2.57. The SMILES string of the molecule is CC(C)n1nccc1C(=O)C1Cc2ccccc21. The molecule has 0 spiro atoms. The lowest BCUT2D eigenvalue weighted by Crippen LogP contribution is -2.27. The van der Waals surface area contributed by atoms with Gasteiger partial charge >= 0.3 is 0 Å². The molecule has 1 aliphatic rings. The van der Waals surface area contributed by atoms with E-state index in [0.717, 1.165) is 12.1 Å². The molecule has 1 aromatic carbocycles. The van der Waals surface area contributed by atoms with Gasteiger partial charge in [0.2, 0.25) is 0 Å². The van der Waals surface area contributed by atoms with Crippen LogP contribution in [0.25, 0.3) is 0 Å². The molecule has 2 aromatic rings. The zero-order chi connectivity index (χ0) is 12.7. The van der Waals surface area contributed by atoms with Crippen LogP contribution in [0.1, 0.15) is 47.4 Å². The van der Waals surface area contributed by atoms with E-state index >= 15 is 0 Å². The third-order valence-corrected chi connectivity index (χ3v) is 3.58. The summed E-state index contributed by atoms with van der Waals surface area (Å²) < 4.78 is 1.81. The van der Waals surface area contributed by atoms with Gasteiger partial charge in [-0.25, -0.2) is 0 Å². The van der Waals surface area contributed by atoms with Crippen LogP contribution in [0, 0.1) is 0 Å². The van der Waals surface area contributed by atoms with Crippen molar-refractivity contribution in [2.75, 3.05) is 0 Å². The highest BCUT2D eigenvalue weighted by Crippen LogP contribution is 2.37. The molecule has 1 unspecified atom stereocenters. The zero-order valence-corrected chi connectivity index (χ0v) is 10.6. The molecule has 0 saturated heterocycles. The monoisotopic (exact) mass is 240 g/mol. The third-order valence-electron chi connectivity index (χ3n) is 3.58. The Morgan fingerprint density at radius 1 is 1.33 bits per heavy atom. The van der Waals surface area contributed by atoms with Crippen LogP contribution in [0.2, 0.25) is 0 Å². The first kappa shape index (κ1) is 11.2. The summed E-state index contributed by atoms with van der Waals surface area (Å²) in [5.74, 6) is 0.218. The fourth-order valence-corrected chi connectivity index (χ4v) is 2.59. The lowest BCUT2D eigenvalue weighted by molar-refractivity contribution is 0.0936. The van der Waals surface area contributed by atoms with E-state index in [9.17, 15) is 4.79 Å². The number of ketones is 1. The van der Waals surface area contributed by atoms with Crippen molar-refractivity contribution in [3.8, 4) is 0 Å². The molecule has 0 radical (unpaired) electrons. The Morgan fingerprint density at radius 3 is 2.83 bits per heavy atom. The molecule has 0 N–H and O–H groups in total. The number of aromatic nitrogens is 2. The molecule has 0 amide bonds. The molecule has 1 atom stereocenters. The highest BCUT2D eigenvalue weighted by Gasteiger charge is 2.33. The molecule has 0 aliphatic heterocycles. The van der Waals surface area contributed by atoms with Gasteiger partial charge in [0.05, 0.1) is 5.92 Å². The Kier molecular flexibility index (Phi) is 2.54. The van der Waals surface area contributed by atoms with Gasteiger partial charge in [0.25, 0.3) is 0 Å². The van der Waals surface area contributed by atoms with Crippen molar-refractivity contribution in [3.63, 3.8) is 0 Å². The second-order valence-corrected chi connectivity index (χ2v) is 5.07. The predicted molar refractivity (Wildman–Crippen MR) is 69.8 cm³/mol. The van der Waals surface area contributed by atoms with Crippen LogP contribution in [-0.4, -0.2) is 15.6 Å². The van der Waals surface area contributed by atoms with Crippen molar-refractivity contribution >= 4 is 5.78 Å². The summed E-state index contributed by atoms with van der Waals surface area (Å²) in [5, 5.41) is 4.23. The summed E-state index contributed by atoms with van der Waals surface area (Å²) in [7, 11) is 0. The van der Waals surface area contributed by atoms with Gasteiger partial charge in [0, 0.05) is 12.2 Å². The maximum atomic E-state index is 12.5. The first-order chi connectivity index (χ1) is 8.68. The molecule has 92 valence electrons. The van der Waals surface area contributed by atoms with Crippen LogP contribution in [-0.2, 0) is 6.42 Å². The van der Waals surface area contributed by atoms with Crippen LogP contribution in [0.4, 0.5) is 0 Å². The van der Waals surface area contributed by atoms with Gasteiger partial charge in [-0.1, -0.05) is 24.3 Å². The molecule has 0 bridgehead atoms. The molecule has 1 aliphatic carbocycles. The topological polar surface area (TPSA) is 34.9 Å². The van der Waals surface area contributed by atoms with E-state index < -0.39 is 0 Å². The number of hydrogen-bond acceptors (Lipinski definition) is 2. The molecule has 3 rings (SSSR count). The Bertz CT molecular complexity index is 598. The Morgan fingerprint density at radius 2 is 2.11 bits per heavy atom. The fourth-order valence-electron chi connectivity index (χ4n) is 2.59. The van der Waals surface area contributed by atoms with Gasteiger partial charge < -0.3 is 0 Å². The molecule has 3 heteroatoms. The lowest BCUT2D eigenvalue weighted by atomic mass is 9.74. The van der Waals surface area contributed by atoms with Gasteiger partial charge in [-0.2, -0.15) is 5.10 Å². The number of nitrogens with zero attached hydrogens (tertiary/aromatic N) is 2. The predicted octanol–water partition coefficient (Wildman–Crippen LogP) is 2.99. The van der Waals surface area contributed by atoms with Gasteiger partial charge in [-0.3, -0.25) is 9.48 Å². The largest absolute Gasteiger partial charge is 0.292 e. The van der Waals surface area contributed by atoms with Crippen LogP contribution < -0.4 is 0 Å². The standard InChI is InChI=1S/C15H16N2O/c1-10(2)17-14(7-8-16-17)15(18)13-9-11-5-3-4-6-12(11)13/h3-8,10,13H,9H2,1-2H3. The average molecular weight is 240 g/mol. The number of Topliss-reactive ketones (excluding diaryl/α,β-unsaturated/α-hetero) is 1. The van der Waals surface area contributed by atoms with Crippen molar-refractivity contribution in [1.29, 1.82) is 0 Å². The Hall–Kier alpha value is -1.90. The van der Waals surface area contributed by atoms with Crippen LogP contribution in [0.5, 0.6) is 0 Å². The quantitative estimate of drug-likeness (QED) is 0.773. The van der Waals surface area contributed by atoms with E-state index in [1.54, 1.807) is 6.20 Å². The van der Waals surface area contributed by atoms with Gasteiger partial charge in [0.1, 0.15) is 5.69 Å². The van der Waals surface area contributed by atoms with Crippen molar-refractivity contribution in [3.05, 3.63) is 53.3 Å². The second kappa shape index (κ2) is 4.09. The molecule has 3 nitrogen and oxygen atoms in total. The minimum atomic E-state index is 0.0235. The highest BCUT2D eigenvalue weighted by molar-refractivity contribution is 6.01. The summed E-state index contributed by atoms with van der Waals surface area (Å²) in [6, 6.07) is 10.2. The molecular formula is C15H16N2O. The maximum absolute atomic E-state index is 12.5. The van der Waals surface area contributed by atoms with Crippen LogP contribution >= 0.6 is 0 Å². The maximum Gasteiger partial charge on any atom is 0.188 e. The number of carbonyl (C=O) groups excluding carboxylic acids is 1. The van der Waals surface area contributed by atoms with E-state index in [2.05, 4.69) is 17.2 Å². The van der Waals surface area contributed by atoms with Crippen LogP contribution in [0.15, 0.2) is 36.5 Å². The van der Waals surface area contributed by atoms with Gasteiger partial charge in [-0.05, 0) is 37.5 Å². The fraction of sp³-hybridized carbons (Fsp3) is 0.333. The minimum Gasteiger partial charge on any atom is -0.292 e. The minimum absolute atomic E-state index is 0.0235. The molecule has 1 heterocycles. The molecule has 0 saturated carbocycles. The van der Waals surface area contributed by atoms with Crippen molar-refractivity contribution < 1.29 is 4.79 Å². The van der Waals surface area contributed by atoms with Gasteiger partial charge in [0.15, 0.2) is 5.78 Å². The molecule has 1 aromatic heterocycles. The Balaban J connectivity index is 1.92. The number of hydrogen-bond donors (Lipinski definition) is 0. The summed E-state index contributed by atoms with van der Waals surface area (Å²) >= 11 is 0. The summed E-state index contributed by atoms with van der Waals surface area (Å²) in [6.45, 7) is 4.08. The summed E-state index contributed by atoms with van der Waals surface area (Å²) in [4.78, 5) is 12.5. The third kappa shape index (κ3) is 1.58. The van der Waals surface area contributed by atoms with Crippen molar-refractivity contribution in [2.24, 2.45) is 0 Å². The molecule has 0 fully saturated rings. The van der Waals surface area contributed by atoms with Gasteiger partial charge in [-0.15, -0.1) is 0 Å². The van der Waals surface area contributed by atoms with E-state index in [4.69, 9.17) is 0 Å². The summed E-state index contributed by atoms with van der Waals surface area (Å²) in [5.41, 5.74) is 3.20. The first-order valence-electron chi connectivity index (χ1n) is 6.34. The highest BCUT2D eigenvalue weighted by atomic mass is 16.1. The first-order valence-corrected chi connectivity index (χ1v) is 6.34. The Labute approximate surface area is 106 Å². The van der Waals surface area contributed by atoms with E-state index in [1.165, 1.54) is 11.1 Å². The van der Waals surface area contributed by atoms with E-state index in [1.807, 2.05) is 36.7 Å².